The van der Waals surface area contributed by atoms with Gasteiger partial charge in [-0.15, -0.1) is 10.2 Å². The van der Waals surface area contributed by atoms with Crippen molar-refractivity contribution in [3.8, 4) is 0 Å². The average molecular weight is 413 g/mol. The van der Waals surface area contributed by atoms with Crippen LogP contribution in [0.5, 0.6) is 0 Å². The third-order valence-corrected chi connectivity index (χ3v) is 7.55. The van der Waals surface area contributed by atoms with Gasteiger partial charge in [-0.2, -0.15) is 0 Å². The molecule has 0 saturated heterocycles. The number of hydrogen-bond acceptors (Lipinski definition) is 8. The first kappa shape index (κ1) is 18.8. The first-order chi connectivity index (χ1) is 12.4. The SMILES string of the molecule is CCCSc1nnc(NC(=O)CCN2C(=O)c3ccccc3S2(=O)=O)s1. The van der Waals surface area contributed by atoms with Gasteiger partial charge >= 0.3 is 0 Å². The van der Waals surface area contributed by atoms with Crippen molar-refractivity contribution in [3.63, 3.8) is 0 Å². The Balaban J connectivity index is 1.60. The van der Waals surface area contributed by atoms with Crippen LogP contribution < -0.4 is 5.32 Å². The Bertz CT molecular complexity index is 942. The minimum Gasteiger partial charge on any atom is -0.300 e. The quantitative estimate of drug-likeness (QED) is 0.548. The van der Waals surface area contributed by atoms with Crippen LogP contribution in [-0.4, -0.2) is 47.0 Å². The van der Waals surface area contributed by atoms with Gasteiger partial charge in [0.25, 0.3) is 15.9 Å². The summed E-state index contributed by atoms with van der Waals surface area (Å²) >= 11 is 2.82. The number of hydrogen-bond donors (Lipinski definition) is 1. The predicted molar refractivity (Wildman–Crippen MR) is 98.8 cm³/mol. The van der Waals surface area contributed by atoms with Crippen molar-refractivity contribution in [2.45, 2.75) is 29.0 Å². The lowest BCUT2D eigenvalue weighted by molar-refractivity contribution is -0.116. The molecular formula is C15H16N4O4S3. The van der Waals surface area contributed by atoms with E-state index in [1.54, 1.807) is 23.9 Å². The molecule has 0 aliphatic carbocycles. The molecule has 1 aliphatic heterocycles. The van der Waals surface area contributed by atoms with E-state index in [4.69, 9.17) is 0 Å². The molecule has 2 aromatic rings. The molecule has 0 fully saturated rings. The number of carbonyl (C=O) groups is 2. The highest BCUT2D eigenvalue weighted by molar-refractivity contribution is 8.01. The second-order valence-corrected chi connectivity index (χ2v) is 9.55. The monoisotopic (exact) mass is 412 g/mol. The van der Waals surface area contributed by atoms with E-state index in [-0.39, 0.29) is 23.4 Å². The van der Waals surface area contributed by atoms with Crippen molar-refractivity contribution in [3.05, 3.63) is 29.8 Å². The lowest BCUT2D eigenvalue weighted by Crippen LogP contribution is -2.33. The normalized spacial score (nSPS) is 15.1. The minimum absolute atomic E-state index is 0.0212. The first-order valence-corrected chi connectivity index (χ1v) is 11.1. The molecule has 26 heavy (non-hydrogen) atoms. The number of nitrogens with one attached hydrogen (secondary N) is 1. The zero-order valence-electron chi connectivity index (χ0n) is 13.8. The van der Waals surface area contributed by atoms with Gasteiger partial charge in [-0.1, -0.05) is 42.2 Å². The Morgan fingerprint density at radius 3 is 2.81 bits per heavy atom. The van der Waals surface area contributed by atoms with Gasteiger partial charge in [0.2, 0.25) is 11.0 Å². The van der Waals surface area contributed by atoms with E-state index in [1.165, 1.54) is 23.5 Å². The summed E-state index contributed by atoms with van der Waals surface area (Å²) in [7, 11) is -3.90. The highest BCUT2D eigenvalue weighted by Gasteiger charge is 2.40. The largest absolute Gasteiger partial charge is 0.300 e. The lowest BCUT2D eigenvalue weighted by Gasteiger charge is -2.14. The summed E-state index contributed by atoms with van der Waals surface area (Å²) in [4.78, 5) is 24.3. The summed E-state index contributed by atoms with van der Waals surface area (Å²) in [6, 6.07) is 6.01. The van der Waals surface area contributed by atoms with Crippen LogP contribution in [0.4, 0.5) is 5.13 Å². The van der Waals surface area contributed by atoms with Crippen LogP contribution in [0.15, 0.2) is 33.5 Å². The summed E-state index contributed by atoms with van der Waals surface area (Å²) in [5.74, 6) is -0.118. The van der Waals surface area contributed by atoms with E-state index >= 15 is 0 Å². The van der Waals surface area contributed by atoms with Crippen LogP contribution in [0, 0.1) is 0 Å². The fraction of sp³-hybridized carbons (Fsp3) is 0.333. The molecule has 2 amide bonds. The molecule has 0 bridgehead atoms. The summed E-state index contributed by atoms with van der Waals surface area (Å²) in [6.07, 6.45) is 0.850. The molecule has 3 rings (SSSR count). The molecule has 1 aromatic heterocycles. The van der Waals surface area contributed by atoms with Crippen molar-refractivity contribution >= 4 is 50.1 Å². The number of benzene rings is 1. The van der Waals surface area contributed by atoms with Gasteiger partial charge in [-0.05, 0) is 18.6 Å². The number of rotatable bonds is 7. The van der Waals surface area contributed by atoms with Gasteiger partial charge in [-0.3, -0.25) is 9.59 Å². The third-order valence-electron chi connectivity index (χ3n) is 3.54. The number of sulfonamides is 1. The van der Waals surface area contributed by atoms with E-state index in [2.05, 4.69) is 22.4 Å². The number of amides is 2. The molecule has 0 saturated carbocycles. The molecular weight excluding hydrogens is 396 g/mol. The van der Waals surface area contributed by atoms with Crippen LogP contribution in [0.25, 0.3) is 0 Å². The Hall–Kier alpha value is -1.98. The van der Waals surface area contributed by atoms with Crippen molar-refractivity contribution in [2.75, 3.05) is 17.6 Å². The zero-order valence-corrected chi connectivity index (χ0v) is 16.3. The Morgan fingerprint density at radius 2 is 2.08 bits per heavy atom. The van der Waals surface area contributed by atoms with Gasteiger partial charge in [0.05, 0.1) is 5.56 Å². The maximum Gasteiger partial charge on any atom is 0.269 e. The van der Waals surface area contributed by atoms with Crippen LogP contribution >= 0.6 is 23.1 Å². The van der Waals surface area contributed by atoms with E-state index in [1.807, 2.05) is 0 Å². The summed E-state index contributed by atoms with van der Waals surface area (Å²) in [5.41, 5.74) is 0.134. The fourth-order valence-electron chi connectivity index (χ4n) is 2.35. The van der Waals surface area contributed by atoms with Crippen molar-refractivity contribution in [2.24, 2.45) is 0 Å². The molecule has 1 aliphatic rings. The molecule has 1 N–H and O–H groups in total. The van der Waals surface area contributed by atoms with Crippen LogP contribution in [0.1, 0.15) is 30.1 Å². The van der Waals surface area contributed by atoms with Crippen molar-refractivity contribution < 1.29 is 18.0 Å². The standard InChI is InChI=1S/C15H16N4O4S3/c1-2-9-24-15-18-17-14(25-15)16-12(20)7-8-19-13(21)10-5-3-4-6-11(10)26(19,22)23/h3-6H,2,7-9H2,1H3,(H,16,17,20). The average Bonchev–Trinajstić information content (AvgIpc) is 3.13. The smallest absolute Gasteiger partial charge is 0.269 e. The molecule has 2 heterocycles. The lowest BCUT2D eigenvalue weighted by atomic mass is 10.2. The molecule has 0 unspecified atom stereocenters. The van der Waals surface area contributed by atoms with Crippen LogP contribution in [0.2, 0.25) is 0 Å². The summed E-state index contributed by atoms with van der Waals surface area (Å²) < 4.78 is 26.3. The molecule has 138 valence electrons. The number of anilines is 1. The molecule has 0 radical (unpaired) electrons. The van der Waals surface area contributed by atoms with E-state index in [9.17, 15) is 18.0 Å². The first-order valence-electron chi connectivity index (χ1n) is 7.85. The molecule has 11 heteroatoms. The van der Waals surface area contributed by atoms with E-state index < -0.39 is 21.8 Å². The number of thioether (sulfide) groups is 1. The Morgan fingerprint density at radius 1 is 1.31 bits per heavy atom. The predicted octanol–water partition coefficient (Wildman–Crippen LogP) is 2.21. The summed E-state index contributed by atoms with van der Waals surface area (Å²) in [6.45, 7) is 1.83. The molecule has 0 spiro atoms. The molecule has 8 nitrogen and oxygen atoms in total. The van der Waals surface area contributed by atoms with Crippen LogP contribution in [-0.2, 0) is 14.8 Å². The Labute approximate surface area is 159 Å². The highest BCUT2D eigenvalue weighted by Crippen LogP contribution is 2.30. The maximum absolute atomic E-state index is 12.4. The van der Waals surface area contributed by atoms with Gasteiger partial charge in [-0.25, -0.2) is 12.7 Å². The minimum atomic E-state index is -3.90. The second-order valence-electron chi connectivity index (χ2n) is 5.40. The topological polar surface area (TPSA) is 109 Å². The highest BCUT2D eigenvalue weighted by atomic mass is 32.2. The Kier molecular flexibility index (Phi) is 5.58. The van der Waals surface area contributed by atoms with Crippen molar-refractivity contribution in [1.29, 1.82) is 0 Å². The second kappa shape index (κ2) is 7.72. The van der Waals surface area contributed by atoms with Gasteiger partial charge in [0.15, 0.2) is 4.34 Å². The molecule has 0 atom stereocenters. The number of aromatic nitrogens is 2. The number of nitrogens with zero attached hydrogens (tertiary/aromatic N) is 3. The fourth-order valence-corrected chi connectivity index (χ4v) is 5.61. The zero-order chi connectivity index (χ0) is 18.7. The van der Waals surface area contributed by atoms with Crippen LogP contribution in [0.3, 0.4) is 0 Å². The number of carbonyl (C=O) groups excluding carboxylic acids is 2. The number of fused-ring (bicyclic) bond motifs is 1. The third kappa shape index (κ3) is 3.74. The van der Waals surface area contributed by atoms with Gasteiger partial charge < -0.3 is 5.32 Å². The van der Waals surface area contributed by atoms with Gasteiger partial charge in [0.1, 0.15) is 4.90 Å². The van der Waals surface area contributed by atoms with E-state index in [0.29, 0.717) is 5.13 Å². The van der Waals surface area contributed by atoms with E-state index in [0.717, 1.165) is 20.8 Å². The maximum atomic E-state index is 12.4. The summed E-state index contributed by atoms with van der Waals surface area (Å²) in [5, 5.41) is 10.8. The van der Waals surface area contributed by atoms with Crippen molar-refractivity contribution in [1.82, 2.24) is 14.5 Å². The molecule has 1 aromatic carbocycles. The van der Waals surface area contributed by atoms with Gasteiger partial charge in [0, 0.05) is 18.7 Å².